The first-order valence-electron chi connectivity index (χ1n) is 7.20. The maximum Gasteiger partial charge on any atom is 0.253 e. The van der Waals surface area contributed by atoms with E-state index in [1.165, 1.54) is 0 Å². The first-order valence-corrected chi connectivity index (χ1v) is 7.20. The number of likely N-dealkylation sites (tertiary alicyclic amines) is 1. The molecule has 3 atom stereocenters. The van der Waals surface area contributed by atoms with E-state index in [1.54, 1.807) is 6.33 Å². The van der Waals surface area contributed by atoms with Crippen LogP contribution >= 0.6 is 12.4 Å². The number of fused-ring (bicyclic) bond motifs is 2. The number of imidazole rings is 1. The van der Waals surface area contributed by atoms with Crippen LogP contribution in [-0.2, 0) is 0 Å². The zero-order chi connectivity index (χ0) is 13.7. The summed E-state index contributed by atoms with van der Waals surface area (Å²) in [6.07, 6.45) is 3.92. The van der Waals surface area contributed by atoms with Gasteiger partial charge in [-0.05, 0) is 42.9 Å². The summed E-state index contributed by atoms with van der Waals surface area (Å²) in [5.41, 5.74) is 8.66. The normalized spacial score (nSPS) is 27.7. The summed E-state index contributed by atoms with van der Waals surface area (Å²) in [4.78, 5) is 21.8. The molecule has 21 heavy (non-hydrogen) atoms. The second-order valence-corrected chi connectivity index (χ2v) is 6.01. The Labute approximate surface area is 129 Å². The quantitative estimate of drug-likeness (QED) is 0.843. The van der Waals surface area contributed by atoms with Crippen molar-refractivity contribution < 1.29 is 4.79 Å². The molecule has 2 aliphatic rings. The number of amides is 1. The number of nitrogens with one attached hydrogen (secondary N) is 1. The number of halogens is 1. The SMILES string of the molecule is Cl.NC1CCC2CN(C(=O)c3ccc4nc[nH]c4c3)CC12. The molecule has 3 N–H and O–H groups in total. The summed E-state index contributed by atoms with van der Waals surface area (Å²) in [5, 5.41) is 0. The monoisotopic (exact) mass is 306 g/mol. The number of carbonyl (C=O) groups is 1. The van der Waals surface area contributed by atoms with E-state index in [0.29, 0.717) is 11.8 Å². The van der Waals surface area contributed by atoms with Crippen molar-refractivity contribution in [2.24, 2.45) is 17.6 Å². The Morgan fingerprint density at radius 1 is 1.33 bits per heavy atom. The Morgan fingerprint density at radius 2 is 2.19 bits per heavy atom. The standard InChI is InChI=1S/C15H18N4O.ClH/c16-12-3-1-10-6-19(7-11(10)12)15(20)9-2-4-13-14(5-9)18-8-17-13;/h2,4-5,8,10-12H,1,3,6-7,16H2,(H,17,18);1H. The average Bonchev–Trinajstić information content (AvgIpc) is 3.14. The lowest BCUT2D eigenvalue weighted by atomic mass is 9.98. The lowest BCUT2D eigenvalue weighted by Crippen LogP contribution is -2.33. The van der Waals surface area contributed by atoms with Gasteiger partial charge in [-0.15, -0.1) is 12.4 Å². The molecule has 0 bridgehead atoms. The number of nitrogens with two attached hydrogens (primary N) is 1. The van der Waals surface area contributed by atoms with Gasteiger partial charge >= 0.3 is 0 Å². The molecule has 2 aromatic rings. The molecule has 6 heteroatoms. The highest BCUT2D eigenvalue weighted by atomic mass is 35.5. The minimum absolute atomic E-state index is 0. The van der Waals surface area contributed by atoms with Gasteiger partial charge in [0.1, 0.15) is 0 Å². The van der Waals surface area contributed by atoms with Crippen LogP contribution in [0, 0.1) is 11.8 Å². The van der Waals surface area contributed by atoms with Gasteiger partial charge in [0.15, 0.2) is 0 Å². The molecule has 2 fully saturated rings. The summed E-state index contributed by atoms with van der Waals surface area (Å²) < 4.78 is 0. The number of hydrogen-bond donors (Lipinski definition) is 2. The fraction of sp³-hybridized carbons (Fsp3) is 0.467. The van der Waals surface area contributed by atoms with Crippen LogP contribution in [0.2, 0.25) is 0 Å². The van der Waals surface area contributed by atoms with Crippen molar-refractivity contribution in [2.75, 3.05) is 13.1 Å². The number of aromatic amines is 1. The van der Waals surface area contributed by atoms with E-state index >= 15 is 0 Å². The predicted octanol–water partition coefficient (Wildman–Crippen LogP) is 1.79. The third kappa shape index (κ3) is 2.30. The summed E-state index contributed by atoms with van der Waals surface area (Å²) in [6, 6.07) is 5.91. The van der Waals surface area contributed by atoms with Crippen LogP contribution in [0.3, 0.4) is 0 Å². The average molecular weight is 307 g/mol. The number of benzene rings is 1. The Morgan fingerprint density at radius 3 is 3.00 bits per heavy atom. The molecule has 1 aromatic heterocycles. The molecule has 112 valence electrons. The smallest absolute Gasteiger partial charge is 0.253 e. The Hall–Kier alpha value is -1.59. The fourth-order valence-corrected chi connectivity index (χ4v) is 3.72. The zero-order valence-corrected chi connectivity index (χ0v) is 12.5. The van der Waals surface area contributed by atoms with E-state index in [1.807, 2.05) is 23.1 Å². The van der Waals surface area contributed by atoms with Crippen LogP contribution < -0.4 is 5.73 Å². The molecule has 1 aliphatic carbocycles. The number of carbonyl (C=O) groups excluding carboxylic acids is 1. The lowest BCUT2D eigenvalue weighted by molar-refractivity contribution is 0.0779. The molecule has 5 nitrogen and oxygen atoms in total. The Balaban J connectivity index is 0.00000132. The van der Waals surface area contributed by atoms with E-state index in [9.17, 15) is 4.79 Å². The maximum absolute atomic E-state index is 12.6. The number of aromatic nitrogens is 2. The van der Waals surface area contributed by atoms with Gasteiger partial charge < -0.3 is 15.6 Å². The molecule has 0 radical (unpaired) electrons. The molecule has 1 aliphatic heterocycles. The largest absolute Gasteiger partial charge is 0.345 e. The zero-order valence-electron chi connectivity index (χ0n) is 11.7. The van der Waals surface area contributed by atoms with Crippen molar-refractivity contribution in [3.8, 4) is 0 Å². The number of rotatable bonds is 1. The van der Waals surface area contributed by atoms with Gasteiger partial charge in [-0.1, -0.05) is 0 Å². The first-order chi connectivity index (χ1) is 9.72. The van der Waals surface area contributed by atoms with Crippen LogP contribution in [0.1, 0.15) is 23.2 Å². The molecular formula is C15H19ClN4O. The van der Waals surface area contributed by atoms with Gasteiger partial charge in [0.2, 0.25) is 0 Å². The highest BCUT2D eigenvalue weighted by Gasteiger charge is 2.42. The van der Waals surface area contributed by atoms with Gasteiger partial charge in [0.05, 0.1) is 17.4 Å². The van der Waals surface area contributed by atoms with Crippen molar-refractivity contribution in [2.45, 2.75) is 18.9 Å². The minimum Gasteiger partial charge on any atom is -0.345 e. The van der Waals surface area contributed by atoms with E-state index in [2.05, 4.69) is 9.97 Å². The topological polar surface area (TPSA) is 75.0 Å². The molecule has 1 saturated heterocycles. The Kier molecular flexibility index (Phi) is 3.63. The molecule has 0 spiro atoms. The molecule has 2 heterocycles. The Bertz CT molecular complexity index is 670. The number of H-pyrrole nitrogens is 1. The second-order valence-electron chi connectivity index (χ2n) is 6.01. The molecular weight excluding hydrogens is 288 g/mol. The summed E-state index contributed by atoms with van der Waals surface area (Å²) in [7, 11) is 0. The number of hydrogen-bond acceptors (Lipinski definition) is 3. The van der Waals surface area contributed by atoms with E-state index in [4.69, 9.17) is 5.73 Å². The van der Waals surface area contributed by atoms with E-state index < -0.39 is 0 Å². The molecule has 1 amide bonds. The van der Waals surface area contributed by atoms with Gasteiger partial charge in [-0.2, -0.15) is 0 Å². The van der Waals surface area contributed by atoms with Crippen molar-refractivity contribution in [3.63, 3.8) is 0 Å². The fourth-order valence-electron chi connectivity index (χ4n) is 3.72. The third-order valence-corrected chi connectivity index (χ3v) is 4.87. The molecule has 3 unspecified atom stereocenters. The van der Waals surface area contributed by atoms with Crippen LogP contribution in [0.5, 0.6) is 0 Å². The van der Waals surface area contributed by atoms with Crippen LogP contribution in [0.25, 0.3) is 11.0 Å². The minimum atomic E-state index is 0. The summed E-state index contributed by atoms with van der Waals surface area (Å²) in [5.74, 6) is 1.21. The van der Waals surface area contributed by atoms with Gasteiger partial charge in [0, 0.05) is 24.7 Å². The van der Waals surface area contributed by atoms with E-state index in [0.717, 1.165) is 42.5 Å². The van der Waals surface area contributed by atoms with E-state index in [-0.39, 0.29) is 24.4 Å². The molecule has 1 saturated carbocycles. The van der Waals surface area contributed by atoms with Crippen molar-refractivity contribution in [1.82, 2.24) is 14.9 Å². The molecule has 4 rings (SSSR count). The number of nitrogens with zero attached hydrogens (tertiary/aromatic N) is 2. The summed E-state index contributed by atoms with van der Waals surface area (Å²) in [6.45, 7) is 1.67. The van der Waals surface area contributed by atoms with Crippen molar-refractivity contribution in [3.05, 3.63) is 30.1 Å². The van der Waals surface area contributed by atoms with Gasteiger partial charge in [-0.25, -0.2) is 4.98 Å². The van der Waals surface area contributed by atoms with Gasteiger partial charge in [0.25, 0.3) is 5.91 Å². The lowest BCUT2D eigenvalue weighted by Gasteiger charge is -2.18. The van der Waals surface area contributed by atoms with Crippen LogP contribution in [0.15, 0.2) is 24.5 Å². The van der Waals surface area contributed by atoms with Crippen molar-refractivity contribution in [1.29, 1.82) is 0 Å². The highest BCUT2D eigenvalue weighted by molar-refractivity contribution is 5.97. The first kappa shape index (κ1) is 14.4. The second kappa shape index (κ2) is 5.31. The van der Waals surface area contributed by atoms with Crippen LogP contribution in [0.4, 0.5) is 0 Å². The van der Waals surface area contributed by atoms with Crippen molar-refractivity contribution >= 4 is 29.3 Å². The van der Waals surface area contributed by atoms with Crippen LogP contribution in [-0.4, -0.2) is 39.9 Å². The molecule has 1 aromatic carbocycles. The third-order valence-electron chi connectivity index (χ3n) is 4.87. The highest BCUT2D eigenvalue weighted by Crippen LogP contribution is 2.37. The predicted molar refractivity (Wildman–Crippen MR) is 83.4 cm³/mol. The van der Waals surface area contributed by atoms with Gasteiger partial charge in [-0.3, -0.25) is 4.79 Å². The maximum atomic E-state index is 12.6. The summed E-state index contributed by atoms with van der Waals surface area (Å²) >= 11 is 0.